The van der Waals surface area contributed by atoms with Gasteiger partial charge in [-0.15, -0.1) is 34.2 Å². The molecule has 0 bridgehead atoms. The van der Waals surface area contributed by atoms with Crippen molar-refractivity contribution in [3.05, 3.63) is 30.2 Å². The fourth-order valence-corrected chi connectivity index (χ4v) is 3.52. The zero-order valence-electron chi connectivity index (χ0n) is 16.6. The van der Waals surface area contributed by atoms with Crippen molar-refractivity contribution in [1.82, 2.24) is 30.1 Å². The summed E-state index contributed by atoms with van der Waals surface area (Å²) in [5.74, 6) is 2.58. The summed E-state index contributed by atoms with van der Waals surface area (Å²) in [6, 6.07) is 6.44. The van der Waals surface area contributed by atoms with Crippen LogP contribution in [0.25, 0.3) is 5.65 Å². The minimum atomic E-state index is 0. The van der Waals surface area contributed by atoms with E-state index in [1.54, 1.807) is 0 Å². The van der Waals surface area contributed by atoms with Crippen molar-refractivity contribution in [1.29, 1.82) is 0 Å². The molecule has 1 saturated heterocycles. The minimum absolute atomic E-state index is 0. The van der Waals surface area contributed by atoms with E-state index >= 15 is 0 Å². The van der Waals surface area contributed by atoms with E-state index in [2.05, 4.69) is 44.6 Å². The Morgan fingerprint density at radius 3 is 2.74 bits per heavy atom. The van der Waals surface area contributed by atoms with Crippen LogP contribution in [0.2, 0.25) is 0 Å². The van der Waals surface area contributed by atoms with Crippen LogP contribution in [0.5, 0.6) is 0 Å². The van der Waals surface area contributed by atoms with E-state index < -0.39 is 0 Å². The third kappa shape index (κ3) is 6.31. The normalized spacial score (nSPS) is 16.5. The Bertz CT molecular complexity index is 720. The molecule has 2 aromatic rings. The first-order valence-electron chi connectivity index (χ1n) is 9.64. The first-order valence-corrected chi connectivity index (χ1v) is 9.64. The van der Waals surface area contributed by atoms with Crippen LogP contribution in [0, 0.1) is 5.92 Å². The zero-order valence-corrected chi connectivity index (χ0v) is 18.9. The Morgan fingerprint density at radius 2 is 2.04 bits per heavy atom. The molecular formula is C19H32IN7. The lowest BCUT2D eigenvalue weighted by Gasteiger charge is -2.33. The highest BCUT2D eigenvalue weighted by molar-refractivity contribution is 14.0. The molecule has 0 aliphatic carbocycles. The number of nitrogens with zero attached hydrogens (tertiary/aromatic N) is 5. The quantitative estimate of drug-likeness (QED) is 0.373. The number of rotatable bonds is 6. The number of piperidine rings is 1. The van der Waals surface area contributed by atoms with Crippen LogP contribution in [0.4, 0.5) is 0 Å². The number of halogens is 1. The number of guanidine groups is 1. The third-order valence-electron chi connectivity index (χ3n) is 4.80. The second-order valence-electron chi connectivity index (χ2n) is 7.41. The Hall–Kier alpha value is -1.42. The lowest BCUT2D eigenvalue weighted by Crippen LogP contribution is -2.49. The van der Waals surface area contributed by atoms with Gasteiger partial charge in [-0.05, 0) is 30.9 Å². The summed E-state index contributed by atoms with van der Waals surface area (Å²) in [6.45, 7) is 8.88. The average Bonchev–Trinajstić information content (AvgIpc) is 3.05. The SMILES string of the molecule is CN=C(NCCc1nnc2ccccn12)NC1CCN(CC(C)C)CC1.I. The lowest BCUT2D eigenvalue weighted by molar-refractivity contribution is 0.187. The summed E-state index contributed by atoms with van der Waals surface area (Å²) in [5, 5.41) is 15.4. The van der Waals surface area contributed by atoms with E-state index in [-0.39, 0.29) is 24.0 Å². The first kappa shape index (κ1) is 21.9. The van der Waals surface area contributed by atoms with Crippen LogP contribution in [-0.4, -0.2) is 64.7 Å². The van der Waals surface area contributed by atoms with Gasteiger partial charge in [0.2, 0.25) is 0 Å². The van der Waals surface area contributed by atoms with Crippen molar-refractivity contribution in [3.63, 3.8) is 0 Å². The van der Waals surface area contributed by atoms with E-state index in [1.807, 2.05) is 35.8 Å². The van der Waals surface area contributed by atoms with Crippen LogP contribution in [-0.2, 0) is 6.42 Å². The minimum Gasteiger partial charge on any atom is -0.356 e. The first-order chi connectivity index (χ1) is 12.7. The number of pyridine rings is 1. The molecule has 7 nitrogen and oxygen atoms in total. The molecule has 0 aromatic carbocycles. The zero-order chi connectivity index (χ0) is 18.4. The molecule has 1 fully saturated rings. The van der Waals surface area contributed by atoms with E-state index in [0.717, 1.165) is 36.3 Å². The Labute approximate surface area is 179 Å². The highest BCUT2D eigenvalue weighted by Gasteiger charge is 2.20. The number of fused-ring (bicyclic) bond motifs is 1. The molecule has 27 heavy (non-hydrogen) atoms. The van der Waals surface area contributed by atoms with Crippen molar-refractivity contribution >= 4 is 35.6 Å². The van der Waals surface area contributed by atoms with Crippen molar-refractivity contribution in [2.75, 3.05) is 33.2 Å². The molecule has 0 unspecified atom stereocenters. The predicted octanol–water partition coefficient (Wildman–Crippen LogP) is 2.18. The maximum atomic E-state index is 4.37. The molecule has 0 saturated carbocycles. The van der Waals surface area contributed by atoms with Gasteiger partial charge in [0.25, 0.3) is 0 Å². The predicted molar refractivity (Wildman–Crippen MR) is 121 cm³/mol. The lowest BCUT2D eigenvalue weighted by atomic mass is 10.0. The number of aliphatic imine (C=N–C) groups is 1. The van der Waals surface area contributed by atoms with Gasteiger partial charge in [-0.3, -0.25) is 9.39 Å². The summed E-state index contributed by atoms with van der Waals surface area (Å²) < 4.78 is 2.03. The molecule has 1 aliphatic rings. The molecular weight excluding hydrogens is 453 g/mol. The van der Waals surface area contributed by atoms with Gasteiger partial charge in [0.05, 0.1) is 0 Å². The number of hydrogen-bond donors (Lipinski definition) is 2. The summed E-state index contributed by atoms with van der Waals surface area (Å²) >= 11 is 0. The molecule has 2 aromatic heterocycles. The smallest absolute Gasteiger partial charge is 0.191 e. The number of aromatic nitrogens is 3. The fourth-order valence-electron chi connectivity index (χ4n) is 3.52. The maximum Gasteiger partial charge on any atom is 0.191 e. The second-order valence-corrected chi connectivity index (χ2v) is 7.41. The highest BCUT2D eigenvalue weighted by Crippen LogP contribution is 2.12. The standard InChI is InChI=1S/C19H31N7.HI/c1-15(2)14-25-12-8-16(9-13-25)22-19(20-3)21-10-7-18-24-23-17-6-4-5-11-26(17)18;/h4-6,11,15-16H,7-10,12-14H2,1-3H3,(H2,20,21,22);1H. The molecule has 1 aliphatic heterocycles. The van der Waals surface area contributed by atoms with Crippen LogP contribution >= 0.6 is 24.0 Å². The Kier molecular flexibility index (Phi) is 8.75. The van der Waals surface area contributed by atoms with E-state index in [9.17, 15) is 0 Å². The number of likely N-dealkylation sites (tertiary alicyclic amines) is 1. The molecule has 150 valence electrons. The van der Waals surface area contributed by atoms with Gasteiger partial charge in [0.15, 0.2) is 11.6 Å². The molecule has 3 heterocycles. The van der Waals surface area contributed by atoms with Crippen LogP contribution in [0.1, 0.15) is 32.5 Å². The second kappa shape index (κ2) is 10.8. The van der Waals surface area contributed by atoms with Gasteiger partial charge < -0.3 is 15.5 Å². The third-order valence-corrected chi connectivity index (χ3v) is 4.80. The van der Waals surface area contributed by atoms with Crippen molar-refractivity contribution in [3.8, 4) is 0 Å². The molecule has 0 amide bonds. The monoisotopic (exact) mass is 485 g/mol. The topological polar surface area (TPSA) is 69.8 Å². The maximum absolute atomic E-state index is 4.37. The van der Waals surface area contributed by atoms with Gasteiger partial charge in [-0.1, -0.05) is 19.9 Å². The van der Waals surface area contributed by atoms with E-state index in [1.165, 1.54) is 32.5 Å². The van der Waals surface area contributed by atoms with Crippen LogP contribution in [0.3, 0.4) is 0 Å². The molecule has 2 N–H and O–H groups in total. The molecule has 0 radical (unpaired) electrons. The van der Waals surface area contributed by atoms with Crippen molar-refractivity contribution in [2.24, 2.45) is 10.9 Å². The van der Waals surface area contributed by atoms with E-state index in [4.69, 9.17) is 0 Å². The van der Waals surface area contributed by atoms with Crippen LogP contribution < -0.4 is 10.6 Å². The number of nitrogens with one attached hydrogen (secondary N) is 2. The summed E-state index contributed by atoms with van der Waals surface area (Å²) in [5.41, 5.74) is 0.887. The van der Waals surface area contributed by atoms with Gasteiger partial charge in [0, 0.05) is 51.9 Å². The highest BCUT2D eigenvalue weighted by atomic mass is 127. The summed E-state index contributed by atoms with van der Waals surface area (Å²) in [7, 11) is 1.83. The molecule has 0 spiro atoms. The van der Waals surface area contributed by atoms with Crippen molar-refractivity contribution < 1.29 is 0 Å². The molecule has 3 rings (SSSR count). The summed E-state index contributed by atoms with van der Waals surface area (Å²) in [4.78, 5) is 6.93. The van der Waals surface area contributed by atoms with Crippen LogP contribution in [0.15, 0.2) is 29.4 Å². The average molecular weight is 485 g/mol. The van der Waals surface area contributed by atoms with Crippen molar-refractivity contribution in [2.45, 2.75) is 39.2 Å². The van der Waals surface area contributed by atoms with Gasteiger partial charge in [-0.2, -0.15) is 0 Å². The molecule has 0 atom stereocenters. The largest absolute Gasteiger partial charge is 0.356 e. The van der Waals surface area contributed by atoms with E-state index in [0.29, 0.717) is 6.04 Å². The fraction of sp³-hybridized carbons (Fsp3) is 0.632. The Balaban J connectivity index is 0.00000261. The summed E-state index contributed by atoms with van der Waals surface area (Å²) in [6.07, 6.45) is 5.14. The number of hydrogen-bond acceptors (Lipinski definition) is 4. The van der Waals surface area contributed by atoms with Gasteiger partial charge >= 0.3 is 0 Å². The Morgan fingerprint density at radius 1 is 1.26 bits per heavy atom. The van der Waals surface area contributed by atoms with Gasteiger partial charge in [-0.25, -0.2) is 0 Å². The molecule has 8 heteroatoms. The van der Waals surface area contributed by atoms with Gasteiger partial charge in [0.1, 0.15) is 5.82 Å².